The quantitative estimate of drug-likeness (QED) is 0.907. The molecule has 0 fully saturated rings. The predicted octanol–water partition coefficient (Wildman–Crippen LogP) is 2.41. The minimum Gasteiger partial charge on any atom is -0.389 e. The van der Waals surface area contributed by atoms with Gasteiger partial charge in [0, 0.05) is 0 Å². The predicted molar refractivity (Wildman–Crippen MR) is 79.0 cm³/mol. The van der Waals surface area contributed by atoms with Gasteiger partial charge in [-0.1, -0.05) is 18.2 Å². The van der Waals surface area contributed by atoms with Gasteiger partial charge in [-0.2, -0.15) is 5.26 Å². The van der Waals surface area contributed by atoms with E-state index in [2.05, 4.69) is 4.72 Å². The molecule has 6 heteroatoms. The number of nitrogens with zero attached hydrogens (tertiary/aromatic N) is 1. The monoisotopic (exact) mass is 302 g/mol. The van der Waals surface area contributed by atoms with Crippen molar-refractivity contribution in [2.45, 2.75) is 17.9 Å². The second kappa shape index (κ2) is 5.95. The molecular formula is C15H14N2O3S. The second-order valence-electron chi connectivity index (χ2n) is 4.54. The van der Waals surface area contributed by atoms with Crippen molar-refractivity contribution in [3.8, 4) is 6.07 Å². The molecule has 2 aromatic carbocycles. The Kier molecular flexibility index (Phi) is 4.26. The van der Waals surface area contributed by atoms with Gasteiger partial charge in [-0.3, -0.25) is 4.72 Å². The van der Waals surface area contributed by atoms with Crippen LogP contribution in [-0.2, 0) is 10.0 Å². The summed E-state index contributed by atoms with van der Waals surface area (Å²) in [5, 5.41) is 18.2. The van der Waals surface area contributed by atoms with Crippen molar-refractivity contribution in [3.63, 3.8) is 0 Å². The molecule has 0 saturated heterocycles. The number of nitriles is 1. The van der Waals surface area contributed by atoms with E-state index in [9.17, 15) is 13.5 Å². The number of hydrogen-bond donors (Lipinski definition) is 2. The molecule has 0 aromatic heterocycles. The number of rotatable bonds is 4. The molecule has 0 aliphatic heterocycles. The van der Waals surface area contributed by atoms with Crippen LogP contribution < -0.4 is 4.72 Å². The van der Waals surface area contributed by atoms with Gasteiger partial charge in [0.25, 0.3) is 10.0 Å². The van der Waals surface area contributed by atoms with Crippen LogP contribution in [0, 0.1) is 11.3 Å². The summed E-state index contributed by atoms with van der Waals surface area (Å²) in [5.74, 6) is 0. The Morgan fingerprint density at radius 2 is 1.86 bits per heavy atom. The number of anilines is 1. The molecule has 21 heavy (non-hydrogen) atoms. The highest BCUT2D eigenvalue weighted by molar-refractivity contribution is 7.92. The minimum atomic E-state index is -3.72. The summed E-state index contributed by atoms with van der Waals surface area (Å²) in [7, 11) is -3.72. The van der Waals surface area contributed by atoms with Gasteiger partial charge in [-0.15, -0.1) is 0 Å². The Bertz CT molecular complexity index is 775. The maximum Gasteiger partial charge on any atom is 0.261 e. The molecule has 0 bridgehead atoms. The van der Waals surface area contributed by atoms with Crippen LogP contribution >= 0.6 is 0 Å². The largest absolute Gasteiger partial charge is 0.389 e. The van der Waals surface area contributed by atoms with Gasteiger partial charge in [0.15, 0.2) is 0 Å². The van der Waals surface area contributed by atoms with Crippen LogP contribution in [0.5, 0.6) is 0 Å². The summed E-state index contributed by atoms with van der Waals surface area (Å²) >= 11 is 0. The molecule has 1 unspecified atom stereocenters. The first-order chi connectivity index (χ1) is 9.92. The van der Waals surface area contributed by atoms with Gasteiger partial charge in [0.2, 0.25) is 0 Å². The van der Waals surface area contributed by atoms with Crippen molar-refractivity contribution >= 4 is 15.7 Å². The van der Waals surface area contributed by atoms with E-state index >= 15 is 0 Å². The summed E-state index contributed by atoms with van der Waals surface area (Å²) < 4.78 is 26.9. The molecular weight excluding hydrogens is 288 g/mol. The van der Waals surface area contributed by atoms with Gasteiger partial charge in [-0.05, 0) is 42.8 Å². The van der Waals surface area contributed by atoms with Crippen molar-refractivity contribution in [3.05, 3.63) is 59.7 Å². The molecule has 0 aliphatic carbocycles. The van der Waals surface area contributed by atoms with E-state index in [1.165, 1.54) is 18.2 Å². The molecule has 0 aliphatic rings. The van der Waals surface area contributed by atoms with Gasteiger partial charge >= 0.3 is 0 Å². The second-order valence-corrected chi connectivity index (χ2v) is 6.23. The van der Waals surface area contributed by atoms with Crippen molar-refractivity contribution in [1.29, 1.82) is 5.26 Å². The molecule has 2 N–H and O–H groups in total. The number of hydrogen-bond acceptors (Lipinski definition) is 4. The van der Waals surface area contributed by atoms with Crippen molar-refractivity contribution in [2.24, 2.45) is 0 Å². The van der Waals surface area contributed by atoms with Crippen LogP contribution in [0.3, 0.4) is 0 Å². The highest BCUT2D eigenvalue weighted by Crippen LogP contribution is 2.19. The molecule has 1 atom stereocenters. The highest BCUT2D eigenvalue weighted by Gasteiger charge is 2.14. The number of aliphatic hydroxyl groups excluding tert-OH is 1. The summed E-state index contributed by atoms with van der Waals surface area (Å²) in [5.41, 5.74) is 1.34. The fraction of sp³-hybridized carbons (Fsp3) is 0.133. The van der Waals surface area contributed by atoms with E-state index in [4.69, 9.17) is 5.26 Å². The number of nitrogens with one attached hydrogen (secondary N) is 1. The van der Waals surface area contributed by atoms with E-state index in [0.717, 1.165) is 0 Å². The van der Waals surface area contributed by atoms with Crippen LogP contribution in [0.1, 0.15) is 24.2 Å². The molecule has 0 radical (unpaired) electrons. The average Bonchev–Trinajstić information content (AvgIpc) is 2.47. The summed E-state index contributed by atoms with van der Waals surface area (Å²) in [6.45, 7) is 1.61. The summed E-state index contributed by atoms with van der Waals surface area (Å²) in [6.07, 6.45) is -0.651. The zero-order chi connectivity index (χ0) is 15.5. The first kappa shape index (κ1) is 15.0. The lowest BCUT2D eigenvalue weighted by Gasteiger charge is -2.10. The Hall–Kier alpha value is -2.36. The van der Waals surface area contributed by atoms with E-state index in [1.54, 1.807) is 37.3 Å². The molecule has 5 nitrogen and oxygen atoms in total. The SMILES string of the molecule is CC(O)c1ccc(S(=O)(=O)Nc2cccc(C#N)c2)cc1. The maximum absolute atomic E-state index is 12.2. The van der Waals surface area contributed by atoms with Gasteiger partial charge in [0.1, 0.15) is 0 Å². The van der Waals surface area contributed by atoms with Crippen LogP contribution in [0.25, 0.3) is 0 Å². The molecule has 0 amide bonds. The lowest BCUT2D eigenvalue weighted by atomic mass is 10.1. The third-order valence-corrected chi connectivity index (χ3v) is 4.31. The lowest BCUT2D eigenvalue weighted by Crippen LogP contribution is -2.13. The highest BCUT2D eigenvalue weighted by atomic mass is 32.2. The van der Waals surface area contributed by atoms with E-state index in [-0.39, 0.29) is 4.90 Å². The van der Waals surface area contributed by atoms with Crippen LogP contribution in [-0.4, -0.2) is 13.5 Å². The molecule has 0 spiro atoms. The lowest BCUT2D eigenvalue weighted by molar-refractivity contribution is 0.199. The summed E-state index contributed by atoms with van der Waals surface area (Å²) in [6, 6.07) is 14.2. The van der Waals surface area contributed by atoms with Gasteiger partial charge in [0.05, 0.1) is 28.3 Å². The van der Waals surface area contributed by atoms with Crippen molar-refractivity contribution in [2.75, 3.05) is 4.72 Å². The Morgan fingerprint density at radius 1 is 1.19 bits per heavy atom. The Labute approximate surface area is 123 Å². The van der Waals surface area contributed by atoms with Crippen LogP contribution in [0.2, 0.25) is 0 Å². The Morgan fingerprint density at radius 3 is 2.43 bits per heavy atom. The standard InChI is InChI=1S/C15H14N2O3S/c1-11(18)13-5-7-15(8-6-13)21(19,20)17-14-4-2-3-12(9-14)10-16/h2-9,11,17-18H,1H3. The molecule has 2 aromatic rings. The fourth-order valence-electron chi connectivity index (χ4n) is 1.79. The third kappa shape index (κ3) is 3.60. The topological polar surface area (TPSA) is 90.2 Å². The van der Waals surface area contributed by atoms with Gasteiger partial charge < -0.3 is 5.11 Å². The first-order valence-corrected chi connectivity index (χ1v) is 7.72. The van der Waals surface area contributed by atoms with E-state index in [0.29, 0.717) is 16.8 Å². The molecule has 0 heterocycles. The smallest absolute Gasteiger partial charge is 0.261 e. The first-order valence-electron chi connectivity index (χ1n) is 6.23. The van der Waals surface area contributed by atoms with Gasteiger partial charge in [-0.25, -0.2) is 8.42 Å². The Balaban J connectivity index is 2.27. The number of sulfonamides is 1. The summed E-state index contributed by atoms with van der Waals surface area (Å²) in [4.78, 5) is 0.0919. The average molecular weight is 302 g/mol. The zero-order valence-corrected chi connectivity index (χ0v) is 12.1. The van der Waals surface area contributed by atoms with E-state index < -0.39 is 16.1 Å². The fourth-order valence-corrected chi connectivity index (χ4v) is 2.84. The van der Waals surface area contributed by atoms with E-state index in [1.807, 2.05) is 6.07 Å². The van der Waals surface area contributed by atoms with Crippen molar-refractivity contribution in [1.82, 2.24) is 0 Å². The maximum atomic E-state index is 12.2. The molecule has 108 valence electrons. The van der Waals surface area contributed by atoms with Crippen LogP contribution in [0.4, 0.5) is 5.69 Å². The van der Waals surface area contributed by atoms with Crippen LogP contribution in [0.15, 0.2) is 53.4 Å². The number of aliphatic hydroxyl groups is 1. The van der Waals surface area contributed by atoms with Crippen molar-refractivity contribution < 1.29 is 13.5 Å². The third-order valence-electron chi connectivity index (χ3n) is 2.92. The minimum absolute atomic E-state index is 0.0919. The zero-order valence-electron chi connectivity index (χ0n) is 11.3. The number of benzene rings is 2. The molecule has 0 saturated carbocycles. The molecule has 2 rings (SSSR count). The normalized spacial score (nSPS) is 12.4.